The number of nitriles is 1. The highest BCUT2D eigenvalue weighted by molar-refractivity contribution is 6.17. The van der Waals surface area contributed by atoms with E-state index in [1.165, 1.54) is 11.1 Å². The predicted molar refractivity (Wildman–Crippen MR) is 104 cm³/mol. The monoisotopic (exact) mass is 358 g/mol. The third-order valence-electron chi connectivity index (χ3n) is 4.19. The van der Waals surface area contributed by atoms with Crippen molar-refractivity contribution in [2.75, 3.05) is 10.3 Å². The van der Waals surface area contributed by atoms with Gasteiger partial charge in [0.2, 0.25) is 0 Å². The largest absolute Gasteiger partial charge is 0.321 e. The average molecular weight is 358 g/mol. The van der Waals surface area contributed by atoms with Crippen molar-refractivity contribution < 1.29 is 9.59 Å². The molecule has 2 aromatic carbocycles. The van der Waals surface area contributed by atoms with Gasteiger partial charge in [0.15, 0.2) is 0 Å². The lowest BCUT2D eigenvalue weighted by atomic mass is 10.0. The molecule has 0 saturated carbocycles. The number of amides is 2. The van der Waals surface area contributed by atoms with Crippen molar-refractivity contribution in [1.82, 2.24) is 0 Å². The summed E-state index contributed by atoms with van der Waals surface area (Å²) >= 11 is 0. The summed E-state index contributed by atoms with van der Waals surface area (Å²) < 4.78 is 0. The zero-order chi connectivity index (χ0) is 19.4. The van der Waals surface area contributed by atoms with Gasteiger partial charge in [0.1, 0.15) is 11.6 Å². The summed E-state index contributed by atoms with van der Waals surface area (Å²) in [5.74, 6) is -1.60. The third kappa shape index (κ3) is 3.93. The molecule has 1 aliphatic rings. The number of hydrogen-bond donors (Lipinski definition) is 1. The standard InChI is InChI=1S/C21H18N4O2/c1-14-8-10-17(11-9-14)23-20(26)16(13-22)12-19-15(2)24-25(21(19)27)18-6-4-3-5-7-18/h3-12,19H,1-2H3,(H,23,26)/b16-12-/t19-/m0/s1. The van der Waals surface area contributed by atoms with Crippen molar-refractivity contribution in [2.45, 2.75) is 13.8 Å². The average Bonchev–Trinajstić information content (AvgIpc) is 2.96. The lowest BCUT2D eigenvalue weighted by molar-refractivity contribution is -0.118. The smallest absolute Gasteiger partial charge is 0.266 e. The molecule has 27 heavy (non-hydrogen) atoms. The maximum Gasteiger partial charge on any atom is 0.266 e. The number of para-hydroxylation sites is 1. The normalized spacial score (nSPS) is 16.7. The number of carbonyl (C=O) groups is 2. The van der Waals surface area contributed by atoms with Crippen LogP contribution in [0.3, 0.4) is 0 Å². The van der Waals surface area contributed by atoms with Crippen LogP contribution >= 0.6 is 0 Å². The molecular formula is C21H18N4O2. The molecule has 6 nitrogen and oxygen atoms in total. The van der Waals surface area contributed by atoms with Crippen LogP contribution in [0.4, 0.5) is 11.4 Å². The van der Waals surface area contributed by atoms with E-state index in [4.69, 9.17) is 0 Å². The first kappa shape index (κ1) is 18.1. The van der Waals surface area contributed by atoms with Crippen molar-refractivity contribution in [3.63, 3.8) is 0 Å². The fourth-order valence-corrected chi connectivity index (χ4v) is 2.69. The molecule has 0 unspecified atom stereocenters. The summed E-state index contributed by atoms with van der Waals surface area (Å²) in [4.78, 5) is 25.1. The number of aryl methyl sites for hydroxylation is 1. The van der Waals surface area contributed by atoms with Crippen LogP contribution in [-0.4, -0.2) is 17.5 Å². The summed E-state index contributed by atoms with van der Waals surface area (Å²) in [6.45, 7) is 3.65. The summed E-state index contributed by atoms with van der Waals surface area (Å²) in [6.07, 6.45) is 1.37. The first-order chi connectivity index (χ1) is 13.0. The molecule has 1 aliphatic heterocycles. The van der Waals surface area contributed by atoms with Crippen LogP contribution in [0.25, 0.3) is 0 Å². The number of nitrogens with zero attached hydrogens (tertiary/aromatic N) is 3. The Kier molecular flexibility index (Phi) is 5.13. The van der Waals surface area contributed by atoms with Crippen LogP contribution in [-0.2, 0) is 9.59 Å². The fourth-order valence-electron chi connectivity index (χ4n) is 2.69. The minimum Gasteiger partial charge on any atom is -0.321 e. The van der Waals surface area contributed by atoms with E-state index in [0.717, 1.165) is 5.56 Å². The molecule has 1 atom stereocenters. The zero-order valence-corrected chi connectivity index (χ0v) is 15.0. The van der Waals surface area contributed by atoms with Crippen LogP contribution in [0, 0.1) is 24.2 Å². The molecule has 0 radical (unpaired) electrons. The lowest BCUT2D eigenvalue weighted by Gasteiger charge is -2.12. The van der Waals surface area contributed by atoms with Crippen LogP contribution in [0.1, 0.15) is 12.5 Å². The predicted octanol–water partition coefficient (Wildman–Crippen LogP) is 3.42. The van der Waals surface area contributed by atoms with Gasteiger partial charge in [-0.2, -0.15) is 15.4 Å². The second kappa shape index (κ2) is 7.67. The Hall–Kier alpha value is -3.72. The van der Waals surface area contributed by atoms with E-state index < -0.39 is 11.8 Å². The zero-order valence-electron chi connectivity index (χ0n) is 15.0. The van der Waals surface area contributed by atoms with Crippen LogP contribution in [0.5, 0.6) is 0 Å². The van der Waals surface area contributed by atoms with Gasteiger partial charge in [-0.3, -0.25) is 9.59 Å². The first-order valence-electron chi connectivity index (χ1n) is 8.43. The minimum absolute atomic E-state index is 0.126. The molecule has 0 fully saturated rings. The highest BCUT2D eigenvalue weighted by atomic mass is 16.2. The maximum atomic E-state index is 12.7. The molecular weight excluding hydrogens is 340 g/mol. The van der Waals surface area contributed by atoms with Crippen LogP contribution in [0.15, 0.2) is 71.3 Å². The summed E-state index contributed by atoms with van der Waals surface area (Å²) in [6, 6.07) is 18.1. The van der Waals surface area contributed by atoms with Gasteiger partial charge in [-0.1, -0.05) is 35.9 Å². The fraction of sp³-hybridized carbons (Fsp3) is 0.143. The van der Waals surface area contributed by atoms with Crippen molar-refractivity contribution in [3.05, 3.63) is 71.8 Å². The van der Waals surface area contributed by atoms with Crippen molar-refractivity contribution in [3.8, 4) is 6.07 Å². The molecule has 0 bridgehead atoms. The Bertz CT molecular complexity index is 969. The third-order valence-corrected chi connectivity index (χ3v) is 4.19. The number of benzene rings is 2. The summed E-state index contributed by atoms with van der Waals surface area (Å²) in [7, 11) is 0. The molecule has 1 N–H and O–H groups in total. The first-order valence-corrected chi connectivity index (χ1v) is 8.43. The number of hydrazone groups is 1. The van der Waals surface area contributed by atoms with Gasteiger partial charge >= 0.3 is 0 Å². The number of nitrogens with one attached hydrogen (secondary N) is 1. The van der Waals surface area contributed by atoms with Gasteiger partial charge in [-0.25, -0.2) is 0 Å². The maximum absolute atomic E-state index is 12.7. The molecule has 3 rings (SSSR count). The van der Waals surface area contributed by atoms with Gasteiger partial charge in [0.05, 0.1) is 17.3 Å². The van der Waals surface area contributed by atoms with Gasteiger partial charge < -0.3 is 5.32 Å². The number of carbonyl (C=O) groups excluding carboxylic acids is 2. The molecule has 0 aromatic heterocycles. The van der Waals surface area contributed by atoms with E-state index in [-0.39, 0.29) is 11.5 Å². The molecule has 0 spiro atoms. The summed E-state index contributed by atoms with van der Waals surface area (Å²) in [5.41, 5.74) is 2.69. The highest BCUT2D eigenvalue weighted by Crippen LogP contribution is 2.25. The second-order valence-corrected chi connectivity index (χ2v) is 6.22. The molecule has 2 aromatic rings. The van der Waals surface area contributed by atoms with Crippen molar-refractivity contribution >= 4 is 28.9 Å². The van der Waals surface area contributed by atoms with E-state index in [1.54, 1.807) is 31.2 Å². The molecule has 0 aliphatic carbocycles. The lowest BCUT2D eigenvalue weighted by Crippen LogP contribution is -2.27. The molecule has 134 valence electrons. The topological polar surface area (TPSA) is 85.6 Å². The molecule has 0 saturated heterocycles. The van der Waals surface area contributed by atoms with E-state index in [1.807, 2.05) is 43.3 Å². The van der Waals surface area contributed by atoms with Gasteiger partial charge in [-0.15, -0.1) is 0 Å². The molecule has 6 heteroatoms. The number of hydrogen-bond acceptors (Lipinski definition) is 4. The molecule has 2 amide bonds. The minimum atomic E-state index is -0.747. The Morgan fingerprint density at radius 3 is 2.44 bits per heavy atom. The second-order valence-electron chi connectivity index (χ2n) is 6.22. The van der Waals surface area contributed by atoms with Crippen LogP contribution < -0.4 is 10.3 Å². The van der Waals surface area contributed by atoms with E-state index in [2.05, 4.69) is 10.4 Å². The highest BCUT2D eigenvalue weighted by Gasteiger charge is 2.33. The van der Waals surface area contributed by atoms with E-state index in [9.17, 15) is 14.9 Å². The Labute approximate surface area is 157 Å². The quantitative estimate of drug-likeness (QED) is 0.671. The Balaban J connectivity index is 1.80. The van der Waals surface area contributed by atoms with E-state index in [0.29, 0.717) is 17.1 Å². The number of anilines is 2. The van der Waals surface area contributed by atoms with Crippen LogP contribution in [0.2, 0.25) is 0 Å². The number of rotatable bonds is 4. The Morgan fingerprint density at radius 1 is 1.15 bits per heavy atom. The Morgan fingerprint density at radius 2 is 1.81 bits per heavy atom. The summed E-state index contributed by atoms with van der Waals surface area (Å²) in [5, 5.41) is 17.6. The SMILES string of the molecule is CC1=NN(c2ccccc2)C(=O)[C@H]1/C=C(/C#N)C(=O)Nc1ccc(C)cc1. The van der Waals surface area contributed by atoms with E-state index >= 15 is 0 Å². The molecule has 1 heterocycles. The van der Waals surface area contributed by atoms with Crippen molar-refractivity contribution in [2.24, 2.45) is 11.0 Å². The van der Waals surface area contributed by atoms with Gasteiger partial charge in [-0.05, 0) is 44.2 Å². The van der Waals surface area contributed by atoms with Crippen molar-refractivity contribution in [1.29, 1.82) is 5.26 Å². The van der Waals surface area contributed by atoms with Gasteiger partial charge in [0.25, 0.3) is 11.8 Å². The van der Waals surface area contributed by atoms with Gasteiger partial charge in [0, 0.05) is 5.69 Å².